The maximum atomic E-state index is 10.6. The molecule has 0 aliphatic carbocycles. The topological polar surface area (TPSA) is 191 Å². The van der Waals surface area contributed by atoms with E-state index in [1.54, 1.807) is 12.1 Å². The highest BCUT2D eigenvalue weighted by atomic mass is 32.1. The summed E-state index contributed by atoms with van der Waals surface area (Å²) in [4.78, 5) is 3.80. The van der Waals surface area contributed by atoms with E-state index in [-0.39, 0.29) is 5.75 Å². The number of isothiocyanates is 1. The molecule has 0 aromatic heterocycles. The second kappa shape index (κ2) is 11.0. The lowest BCUT2D eigenvalue weighted by molar-refractivity contribution is -0.352. The molecule has 10 atom stereocenters. The third kappa shape index (κ3) is 5.31. The van der Waals surface area contributed by atoms with Crippen LogP contribution in [0.25, 0.3) is 0 Å². The number of aliphatic imine (C=N–C) groups is 1. The summed E-state index contributed by atoms with van der Waals surface area (Å²) in [5, 5.41) is 72.2. The number of rotatable bonds is 7. The number of thiocarbonyl (C=S) groups is 1. The second-order valence-electron chi connectivity index (χ2n) is 7.32. The highest BCUT2D eigenvalue weighted by Crippen LogP contribution is 2.30. The minimum Gasteiger partial charge on any atom is -0.462 e. The van der Waals surface area contributed by atoms with E-state index in [2.05, 4.69) is 22.4 Å². The number of ether oxygens (including phenoxy) is 4. The molecule has 0 unspecified atom stereocenters. The van der Waals surface area contributed by atoms with Crippen LogP contribution in [0.3, 0.4) is 0 Å². The van der Waals surface area contributed by atoms with Crippen molar-refractivity contribution in [3.05, 3.63) is 24.3 Å². The smallest absolute Gasteiger partial charge is 0.229 e. The van der Waals surface area contributed by atoms with Gasteiger partial charge < -0.3 is 54.7 Å². The van der Waals surface area contributed by atoms with Gasteiger partial charge in [0.2, 0.25) is 6.29 Å². The van der Waals surface area contributed by atoms with Crippen LogP contribution in [-0.4, -0.2) is 116 Å². The number of benzene rings is 1. The van der Waals surface area contributed by atoms with Gasteiger partial charge >= 0.3 is 0 Å². The van der Waals surface area contributed by atoms with Crippen LogP contribution in [0.15, 0.2) is 29.3 Å². The molecule has 32 heavy (non-hydrogen) atoms. The number of aliphatic hydroxyl groups is 7. The first-order valence-electron chi connectivity index (χ1n) is 9.73. The number of aliphatic hydroxyl groups excluding tert-OH is 7. The zero-order valence-corrected chi connectivity index (χ0v) is 17.4. The molecule has 178 valence electrons. The Balaban J connectivity index is 1.70. The van der Waals surface area contributed by atoms with Crippen molar-refractivity contribution in [1.29, 1.82) is 0 Å². The van der Waals surface area contributed by atoms with Crippen molar-refractivity contribution in [2.75, 3.05) is 13.2 Å². The zero-order chi connectivity index (χ0) is 23.4. The average molecular weight is 475 g/mol. The van der Waals surface area contributed by atoms with Gasteiger partial charge in [0.1, 0.15) is 54.6 Å². The molecule has 7 N–H and O–H groups in total. The molecule has 0 amide bonds. The van der Waals surface area contributed by atoms with Gasteiger partial charge in [0, 0.05) is 0 Å². The van der Waals surface area contributed by atoms with Crippen molar-refractivity contribution < 1.29 is 54.7 Å². The Morgan fingerprint density at radius 1 is 0.812 bits per heavy atom. The molecule has 1 aromatic carbocycles. The molecule has 0 bridgehead atoms. The van der Waals surface area contributed by atoms with E-state index in [4.69, 9.17) is 18.9 Å². The number of hydrogen-bond donors (Lipinski definition) is 7. The normalized spacial score (nSPS) is 39.8. The van der Waals surface area contributed by atoms with Crippen LogP contribution in [0.5, 0.6) is 5.75 Å². The summed E-state index contributed by atoms with van der Waals surface area (Å²) in [6.07, 6.45) is -15.2. The van der Waals surface area contributed by atoms with Crippen molar-refractivity contribution in [1.82, 2.24) is 0 Å². The first-order chi connectivity index (χ1) is 15.3. The van der Waals surface area contributed by atoms with Gasteiger partial charge in [0.05, 0.1) is 24.1 Å². The van der Waals surface area contributed by atoms with Crippen LogP contribution >= 0.6 is 12.2 Å². The summed E-state index contributed by atoms with van der Waals surface area (Å²) in [7, 11) is 0. The highest BCUT2D eigenvalue weighted by Gasteiger charge is 2.51. The number of nitrogens with zero attached hydrogens (tertiary/aromatic N) is 1. The molecule has 2 heterocycles. The van der Waals surface area contributed by atoms with Crippen LogP contribution in [-0.2, 0) is 14.2 Å². The van der Waals surface area contributed by atoms with Crippen molar-refractivity contribution in [3.63, 3.8) is 0 Å². The third-order valence-corrected chi connectivity index (χ3v) is 5.32. The van der Waals surface area contributed by atoms with Gasteiger partial charge in [0.15, 0.2) is 6.29 Å². The molecule has 2 aliphatic rings. The Bertz CT molecular complexity index is 788. The monoisotopic (exact) mass is 475 g/mol. The molecule has 12 nitrogen and oxygen atoms in total. The van der Waals surface area contributed by atoms with Crippen molar-refractivity contribution >= 4 is 23.1 Å². The van der Waals surface area contributed by atoms with Crippen molar-refractivity contribution in [2.45, 2.75) is 61.4 Å². The van der Waals surface area contributed by atoms with Gasteiger partial charge in [-0.25, -0.2) is 0 Å². The molecule has 13 heteroatoms. The Morgan fingerprint density at radius 3 is 2.00 bits per heavy atom. The van der Waals surface area contributed by atoms with E-state index in [9.17, 15) is 35.7 Å². The molecule has 0 radical (unpaired) electrons. The SMILES string of the molecule is OC[C@@H]1O[C@H](O[C@H]2[C@@H](O)[C@@H](O)[C@H](Oc3ccc(N=C=S)cc3)O[C@H]2CO)[C@@H](O)[C@H](O)[C@H]1O. The largest absolute Gasteiger partial charge is 0.462 e. The van der Waals surface area contributed by atoms with E-state index in [0.29, 0.717) is 5.69 Å². The third-order valence-electron chi connectivity index (χ3n) is 5.22. The summed E-state index contributed by atoms with van der Waals surface area (Å²) in [5.74, 6) is 0.273. The quantitative estimate of drug-likeness (QED) is 0.161. The minimum atomic E-state index is -1.74. The fourth-order valence-corrected chi connectivity index (χ4v) is 3.54. The minimum absolute atomic E-state index is 0.273. The Morgan fingerprint density at radius 2 is 1.41 bits per heavy atom. The fourth-order valence-electron chi connectivity index (χ4n) is 3.44. The lowest BCUT2D eigenvalue weighted by atomic mass is 9.97. The molecule has 3 rings (SSSR count). The molecule has 2 fully saturated rings. The zero-order valence-electron chi connectivity index (χ0n) is 16.6. The van der Waals surface area contributed by atoms with Gasteiger partial charge in [-0.05, 0) is 36.5 Å². The van der Waals surface area contributed by atoms with Gasteiger partial charge in [0.25, 0.3) is 0 Å². The van der Waals surface area contributed by atoms with E-state index >= 15 is 0 Å². The highest BCUT2D eigenvalue weighted by molar-refractivity contribution is 7.78. The van der Waals surface area contributed by atoms with E-state index in [0.717, 1.165) is 0 Å². The fraction of sp³-hybridized carbons (Fsp3) is 0.632. The van der Waals surface area contributed by atoms with Gasteiger partial charge in [-0.15, -0.1) is 0 Å². The van der Waals surface area contributed by atoms with Gasteiger partial charge in [-0.3, -0.25) is 0 Å². The summed E-state index contributed by atoms with van der Waals surface area (Å²) in [6.45, 7) is -1.33. The molecule has 1 aromatic rings. The first-order valence-corrected chi connectivity index (χ1v) is 10.1. The van der Waals surface area contributed by atoms with Gasteiger partial charge in [-0.2, -0.15) is 4.99 Å². The Hall–Kier alpha value is -1.58. The second-order valence-corrected chi connectivity index (χ2v) is 7.50. The maximum Gasteiger partial charge on any atom is 0.229 e. The van der Waals surface area contributed by atoms with Crippen LogP contribution in [0.4, 0.5) is 5.69 Å². The standard InChI is InChI=1S/C19H25NO11S/c21-5-10-12(23)13(24)15(26)19(29-10)31-17-11(6-22)30-18(16(27)14(17)25)28-9-3-1-8(2-4-9)20-7-32/h1-4,10-19,21-27H,5-6H2/t10-,11-,12-,13+,14-,15-,16+,17+,18+,19+/m0/s1. The predicted octanol–water partition coefficient (Wildman–Crippen LogP) is -2.58. The Kier molecular flexibility index (Phi) is 8.63. The summed E-state index contributed by atoms with van der Waals surface area (Å²) in [5.41, 5.74) is 0.527. The first kappa shape index (κ1) is 25.1. The summed E-state index contributed by atoms with van der Waals surface area (Å²) in [6, 6.07) is 6.21. The lowest BCUT2D eigenvalue weighted by Crippen LogP contribution is -2.65. The summed E-state index contributed by atoms with van der Waals surface area (Å²) >= 11 is 4.53. The summed E-state index contributed by atoms with van der Waals surface area (Å²) < 4.78 is 21.8. The molecule has 0 saturated carbocycles. The van der Waals surface area contributed by atoms with E-state index in [1.807, 2.05) is 0 Å². The van der Waals surface area contributed by atoms with Gasteiger partial charge in [-0.1, -0.05) is 0 Å². The van der Waals surface area contributed by atoms with Crippen LogP contribution in [0.1, 0.15) is 0 Å². The van der Waals surface area contributed by atoms with Crippen LogP contribution in [0, 0.1) is 0 Å². The molecule has 2 aliphatic heterocycles. The van der Waals surface area contributed by atoms with E-state index in [1.165, 1.54) is 12.1 Å². The molecule has 2 saturated heterocycles. The van der Waals surface area contributed by atoms with Crippen molar-refractivity contribution in [3.8, 4) is 5.75 Å². The molecular weight excluding hydrogens is 450 g/mol. The molecular formula is C19H25NO11S. The Labute approximate surface area is 187 Å². The van der Waals surface area contributed by atoms with Crippen molar-refractivity contribution in [2.24, 2.45) is 4.99 Å². The average Bonchev–Trinajstić information content (AvgIpc) is 2.80. The lowest BCUT2D eigenvalue weighted by Gasteiger charge is -2.45. The van der Waals surface area contributed by atoms with E-state index < -0.39 is 74.6 Å². The predicted molar refractivity (Wildman–Crippen MR) is 108 cm³/mol. The van der Waals surface area contributed by atoms with Crippen LogP contribution < -0.4 is 4.74 Å². The number of hydrogen-bond acceptors (Lipinski definition) is 13. The maximum absolute atomic E-state index is 10.6. The van der Waals surface area contributed by atoms with Crippen LogP contribution in [0.2, 0.25) is 0 Å². The molecule has 0 spiro atoms.